The second kappa shape index (κ2) is 10.7. The summed E-state index contributed by atoms with van der Waals surface area (Å²) < 4.78 is 2.34. The zero-order valence-electron chi connectivity index (χ0n) is 21.6. The molecule has 2 atom stereocenters. The van der Waals surface area contributed by atoms with E-state index in [9.17, 15) is 5.11 Å². The number of hydrogen-bond donors (Lipinski definition) is 2. The monoisotopic (exact) mass is 496 g/mol. The summed E-state index contributed by atoms with van der Waals surface area (Å²) in [4.78, 5) is 0. The fourth-order valence-corrected chi connectivity index (χ4v) is 5.55. The minimum atomic E-state index is -0.568. The lowest BCUT2D eigenvalue weighted by atomic mass is 9.97. The number of benzene rings is 5. The third-order valence-corrected chi connectivity index (χ3v) is 7.41. The van der Waals surface area contributed by atoms with E-state index < -0.39 is 6.10 Å². The SMILES string of the molecule is C[C@@H](NC[C@@H](O)Cn1c(-c2ccccc2)c(-c2ccccc2)c2ccc3ccccc3c21)c1ccccc1. The van der Waals surface area contributed by atoms with Crippen molar-refractivity contribution in [3.8, 4) is 22.4 Å². The minimum absolute atomic E-state index is 0.154. The summed E-state index contributed by atoms with van der Waals surface area (Å²) in [6.45, 7) is 3.12. The largest absolute Gasteiger partial charge is 0.390 e. The number of nitrogens with zero attached hydrogens (tertiary/aromatic N) is 1. The van der Waals surface area contributed by atoms with Gasteiger partial charge in [-0.1, -0.05) is 127 Å². The average Bonchev–Trinajstić information content (AvgIpc) is 3.31. The molecule has 0 amide bonds. The predicted octanol–water partition coefficient (Wildman–Crippen LogP) is 7.84. The van der Waals surface area contributed by atoms with E-state index in [0.29, 0.717) is 13.1 Å². The maximum absolute atomic E-state index is 11.4. The van der Waals surface area contributed by atoms with Crippen LogP contribution in [0.5, 0.6) is 0 Å². The van der Waals surface area contributed by atoms with Crippen LogP contribution in [-0.4, -0.2) is 22.3 Å². The molecule has 0 aliphatic rings. The van der Waals surface area contributed by atoms with Crippen molar-refractivity contribution in [2.24, 2.45) is 0 Å². The van der Waals surface area contributed by atoms with Gasteiger partial charge in [-0.25, -0.2) is 0 Å². The summed E-state index contributed by atoms with van der Waals surface area (Å²) in [5, 5.41) is 18.5. The van der Waals surface area contributed by atoms with Gasteiger partial charge in [0.2, 0.25) is 0 Å². The van der Waals surface area contributed by atoms with Crippen molar-refractivity contribution in [2.45, 2.75) is 25.6 Å². The molecule has 188 valence electrons. The lowest BCUT2D eigenvalue weighted by Crippen LogP contribution is -2.32. The van der Waals surface area contributed by atoms with E-state index in [0.717, 1.165) is 16.8 Å². The van der Waals surface area contributed by atoms with Crippen molar-refractivity contribution in [3.63, 3.8) is 0 Å². The number of aliphatic hydroxyl groups is 1. The van der Waals surface area contributed by atoms with E-state index in [4.69, 9.17) is 0 Å². The Kier molecular flexibility index (Phi) is 6.78. The van der Waals surface area contributed by atoms with Gasteiger partial charge in [-0.05, 0) is 29.0 Å². The Morgan fingerprint density at radius 2 is 1.26 bits per heavy atom. The van der Waals surface area contributed by atoms with E-state index in [-0.39, 0.29) is 6.04 Å². The van der Waals surface area contributed by atoms with E-state index in [1.807, 2.05) is 6.07 Å². The van der Waals surface area contributed by atoms with Gasteiger partial charge in [0, 0.05) is 28.9 Å². The Balaban J connectivity index is 1.50. The smallest absolute Gasteiger partial charge is 0.0843 e. The highest BCUT2D eigenvalue weighted by atomic mass is 16.3. The summed E-state index contributed by atoms with van der Waals surface area (Å²) in [5.74, 6) is 0. The number of fused-ring (bicyclic) bond motifs is 3. The second-order valence-electron chi connectivity index (χ2n) is 9.94. The molecule has 0 unspecified atom stereocenters. The predicted molar refractivity (Wildman–Crippen MR) is 159 cm³/mol. The molecule has 2 N–H and O–H groups in total. The van der Waals surface area contributed by atoms with Gasteiger partial charge in [-0.2, -0.15) is 0 Å². The summed E-state index contributed by atoms with van der Waals surface area (Å²) in [5.41, 5.74) is 7.04. The van der Waals surface area contributed by atoms with Gasteiger partial charge < -0.3 is 15.0 Å². The maximum Gasteiger partial charge on any atom is 0.0843 e. The summed E-state index contributed by atoms with van der Waals surface area (Å²) >= 11 is 0. The molecular formula is C35H32N2O. The highest BCUT2D eigenvalue weighted by Gasteiger charge is 2.23. The first-order chi connectivity index (χ1) is 18.7. The van der Waals surface area contributed by atoms with Gasteiger partial charge in [0.1, 0.15) is 0 Å². The first-order valence-corrected chi connectivity index (χ1v) is 13.3. The second-order valence-corrected chi connectivity index (χ2v) is 9.94. The average molecular weight is 497 g/mol. The molecule has 0 bridgehead atoms. The van der Waals surface area contributed by atoms with Gasteiger partial charge in [0.15, 0.2) is 0 Å². The molecule has 6 aromatic rings. The number of aliphatic hydroxyl groups excluding tert-OH is 1. The topological polar surface area (TPSA) is 37.2 Å². The van der Waals surface area contributed by atoms with Crippen molar-refractivity contribution in [1.29, 1.82) is 0 Å². The molecule has 3 heteroatoms. The molecule has 0 saturated heterocycles. The van der Waals surface area contributed by atoms with Crippen LogP contribution in [0.1, 0.15) is 18.5 Å². The molecule has 5 aromatic carbocycles. The summed E-state index contributed by atoms with van der Waals surface area (Å²) in [7, 11) is 0. The molecule has 38 heavy (non-hydrogen) atoms. The molecule has 0 aliphatic heterocycles. The van der Waals surface area contributed by atoms with E-state index in [1.54, 1.807) is 0 Å². The Bertz CT molecular complexity index is 1660. The lowest BCUT2D eigenvalue weighted by molar-refractivity contribution is 0.150. The fraction of sp³-hybridized carbons (Fsp3) is 0.143. The van der Waals surface area contributed by atoms with Gasteiger partial charge >= 0.3 is 0 Å². The molecular weight excluding hydrogens is 464 g/mol. The van der Waals surface area contributed by atoms with Crippen LogP contribution in [0, 0.1) is 0 Å². The molecule has 0 aliphatic carbocycles. The Labute approximate surface area is 224 Å². The lowest BCUT2D eigenvalue weighted by Gasteiger charge is -2.20. The molecule has 6 rings (SSSR count). The zero-order valence-corrected chi connectivity index (χ0v) is 21.6. The maximum atomic E-state index is 11.4. The van der Waals surface area contributed by atoms with Crippen LogP contribution in [-0.2, 0) is 6.54 Å². The van der Waals surface area contributed by atoms with Gasteiger partial charge in [0.05, 0.1) is 23.9 Å². The Morgan fingerprint density at radius 1 is 0.658 bits per heavy atom. The Morgan fingerprint density at radius 3 is 1.97 bits per heavy atom. The number of nitrogens with one attached hydrogen (secondary N) is 1. The molecule has 3 nitrogen and oxygen atoms in total. The number of rotatable bonds is 8. The number of aromatic nitrogens is 1. The molecule has 0 saturated carbocycles. The molecule has 0 radical (unpaired) electrons. The van der Waals surface area contributed by atoms with Crippen LogP contribution in [0.2, 0.25) is 0 Å². The van der Waals surface area contributed by atoms with Gasteiger partial charge in [-0.15, -0.1) is 0 Å². The molecule has 0 fully saturated rings. The van der Waals surface area contributed by atoms with Crippen LogP contribution in [0.15, 0.2) is 127 Å². The number of hydrogen-bond acceptors (Lipinski definition) is 2. The molecule has 1 aromatic heterocycles. The highest BCUT2D eigenvalue weighted by molar-refractivity contribution is 6.15. The first kappa shape index (κ1) is 24.2. The van der Waals surface area contributed by atoms with Crippen molar-refractivity contribution >= 4 is 21.7 Å². The third kappa shape index (κ3) is 4.63. The normalized spacial score (nSPS) is 13.1. The van der Waals surface area contributed by atoms with Crippen LogP contribution in [0.3, 0.4) is 0 Å². The van der Waals surface area contributed by atoms with Crippen molar-refractivity contribution in [3.05, 3.63) is 133 Å². The Hall–Kier alpha value is -4.18. The highest BCUT2D eigenvalue weighted by Crippen LogP contribution is 2.43. The van der Waals surface area contributed by atoms with Gasteiger partial charge in [0.25, 0.3) is 0 Å². The van der Waals surface area contributed by atoms with E-state index in [1.165, 1.54) is 32.8 Å². The molecule has 1 heterocycles. The summed E-state index contributed by atoms with van der Waals surface area (Å²) in [6.07, 6.45) is -0.568. The first-order valence-electron chi connectivity index (χ1n) is 13.3. The molecule has 0 spiro atoms. The van der Waals surface area contributed by atoms with Crippen LogP contribution in [0.4, 0.5) is 0 Å². The van der Waals surface area contributed by atoms with Crippen LogP contribution in [0.25, 0.3) is 44.1 Å². The van der Waals surface area contributed by atoms with E-state index in [2.05, 4.69) is 138 Å². The van der Waals surface area contributed by atoms with Crippen LogP contribution >= 0.6 is 0 Å². The standard InChI is InChI=1S/C35H32N2O/c1-25(26-13-5-2-6-14-26)36-23-30(38)24-37-34(29-18-9-4-10-19-29)33(28-16-7-3-8-17-28)32-22-21-27-15-11-12-20-31(27)35(32)37/h2-22,25,30,36,38H,23-24H2,1H3/t25-,30-/m1/s1. The quantitative estimate of drug-likeness (QED) is 0.225. The van der Waals surface area contributed by atoms with Crippen molar-refractivity contribution in [2.75, 3.05) is 6.54 Å². The van der Waals surface area contributed by atoms with Gasteiger partial charge in [-0.3, -0.25) is 0 Å². The fourth-order valence-electron chi connectivity index (χ4n) is 5.55. The third-order valence-electron chi connectivity index (χ3n) is 7.41. The minimum Gasteiger partial charge on any atom is -0.390 e. The van der Waals surface area contributed by atoms with Crippen molar-refractivity contribution in [1.82, 2.24) is 9.88 Å². The van der Waals surface area contributed by atoms with E-state index >= 15 is 0 Å². The van der Waals surface area contributed by atoms with Crippen LogP contribution < -0.4 is 5.32 Å². The van der Waals surface area contributed by atoms with Crippen molar-refractivity contribution < 1.29 is 5.11 Å². The zero-order chi connectivity index (χ0) is 25.9. The summed E-state index contributed by atoms with van der Waals surface area (Å²) in [6, 6.07) is 44.7.